The molecule has 0 aliphatic heterocycles. The Morgan fingerprint density at radius 1 is 1.47 bits per heavy atom. The van der Waals surface area contributed by atoms with Crippen molar-refractivity contribution in [1.82, 2.24) is 5.32 Å². The van der Waals surface area contributed by atoms with Crippen LogP contribution in [0.1, 0.15) is 46.5 Å². The topological polar surface area (TPSA) is 46.2 Å². The van der Waals surface area contributed by atoms with Gasteiger partial charge in [-0.05, 0) is 24.2 Å². The number of rotatable bonds is 5. The molecule has 0 spiro atoms. The van der Waals surface area contributed by atoms with Gasteiger partial charge in [0.25, 0.3) is 0 Å². The van der Waals surface area contributed by atoms with Crippen LogP contribution in [0.2, 0.25) is 0 Å². The number of amides is 1. The maximum absolute atomic E-state index is 11.6. The van der Waals surface area contributed by atoms with Gasteiger partial charge in [0.15, 0.2) is 0 Å². The quantitative estimate of drug-likeness (QED) is 0.706. The van der Waals surface area contributed by atoms with Crippen molar-refractivity contribution in [3.63, 3.8) is 0 Å². The van der Waals surface area contributed by atoms with Gasteiger partial charge in [-0.25, -0.2) is 0 Å². The van der Waals surface area contributed by atoms with E-state index in [0.29, 0.717) is 18.8 Å². The highest BCUT2D eigenvalue weighted by molar-refractivity contribution is 5.77. The first kappa shape index (κ1) is 12.2. The number of hydrogen-bond acceptors (Lipinski definition) is 2. The zero-order chi connectivity index (χ0) is 11.5. The van der Waals surface area contributed by atoms with E-state index in [1.54, 1.807) is 0 Å². The molecule has 1 N–H and O–H groups in total. The van der Waals surface area contributed by atoms with Gasteiger partial charge >= 0.3 is 0 Å². The molecule has 1 fully saturated rings. The van der Waals surface area contributed by atoms with Crippen molar-refractivity contribution in [2.24, 2.45) is 11.3 Å². The monoisotopic (exact) mass is 211 g/mol. The molecule has 0 aromatic carbocycles. The molecule has 1 saturated carbocycles. The standard InChI is InChI=1S/C12H21NO2/c1-12(2,3)8-11(15)13-10(6-7-14)9-4-5-9/h7,9-10H,4-6,8H2,1-3H3,(H,13,15). The molecule has 86 valence electrons. The highest BCUT2D eigenvalue weighted by Crippen LogP contribution is 2.33. The maximum Gasteiger partial charge on any atom is 0.220 e. The molecule has 0 heterocycles. The van der Waals surface area contributed by atoms with Crippen molar-refractivity contribution >= 4 is 12.2 Å². The van der Waals surface area contributed by atoms with Crippen LogP contribution in [0.3, 0.4) is 0 Å². The largest absolute Gasteiger partial charge is 0.353 e. The van der Waals surface area contributed by atoms with Crippen molar-refractivity contribution < 1.29 is 9.59 Å². The Morgan fingerprint density at radius 3 is 2.47 bits per heavy atom. The van der Waals surface area contributed by atoms with Crippen LogP contribution in [0.25, 0.3) is 0 Å². The summed E-state index contributed by atoms with van der Waals surface area (Å²) in [5.74, 6) is 0.611. The van der Waals surface area contributed by atoms with E-state index in [1.807, 2.05) is 20.8 Å². The maximum atomic E-state index is 11.6. The fourth-order valence-corrected chi connectivity index (χ4v) is 1.71. The smallest absolute Gasteiger partial charge is 0.220 e. The van der Waals surface area contributed by atoms with Crippen LogP contribution in [0.5, 0.6) is 0 Å². The Hall–Kier alpha value is -0.860. The summed E-state index contributed by atoms with van der Waals surface area (Å²) < 4.78 is 0. The lowest BCUT2D eigenvalue weighted by molar-refractivity contribution is -0.123. The third-order valence-electron chi connectivity index (χ3n) is 2.58. The normalized spacial score (nSPS) is 18.3. The predicted octanol–water partition coefficient (Wildman–Crippen LogP) is 1.91. The van der Waals surface area contributed by atoms with Gasteiger partial charge in [0.1, 0.15) is 6.29 Å². The van der Waals surface area contributed by atoms with Gasteiger partial charge in [-0.1, -0.05) is 20.8 Å². The summed E-state index contributed by atoms with van der Waals surface area (Å²) in [4.78, 5) is 22.1. The van der Waals surface area contributed by atoms with Crippen molar-refractivity contribution in [3.05, 3.63) is 0 Å². The fourth-order valence-electron chi connectivity index (χ4n) is 1.71. The van der Waals surface area contributed by atoms with Crippen LogP contribution in [0.4, 0.5) is 0 Å². The molecule has 3 heteroatoms. The Labute approximate surface area is 91.6 Å². The van der Waals surface area contributed by atoms with Crippen LogP contribution >= 0.6 is 0 Å². The second-order valence-electron chi connectivity index (χ2n) is 5.65. The second-order valence-corrected chi connectivity index (χ2v) is 5.65. The minimum absolute atomic E-state index is 0.0133. The molecular weight excluding hydrogens is 190 g/mol. The first-order chi connectivity index (χ1) is 6.92. The second kappa shape index (κ2) is 4.77. The molecular formula is C12H21NO2. The highest BCUT2D eigenvalue weighted by Gasteiger charge is 2.32. The van der Waals surface area contributed by atoms with E-state index >= 15 is 0 Å². The molecule has 0 radical (unpaired) electrons. The number of nitrogens with one attached hydrogen (secondary N) is 1. The van der Waals surface area contributed by atoms with Crippen LogP contribution < -0.4 is 5.32 Å². The van der Waals surface area contributed by atoms with Gasteiger partial charge in [-0.15, -0.1) is 0 Å². The van der Waals surface area contributed by atoms with Crippen LogP contribution in [0, 0.1) is 11.3 Å². The Balaban J connectivity index is 2.36. The minimum atomic E-state index is 0.0133. The summed E-state index contributed by atoms with van der Waals surface area (Å²) >= 11 is 0. The summed E-state index contributed by atoms with van der Waals surface area (Å²) in [7, 11) is 0. The molecule has 0 saturated heterocycles. The molecule has 0 bridgehead atoms. The average Bonchev–Trinajstić information content (AvgIpc) is 2.81. The minimum Gasteiger partial charge on any atom is -0.353 e. The Kier molecular flexibility index (Phi) is 3.89. The summed E-state index contributed by atoms with van der Waals surface area (Å²) in [5, 5.41) is 2.97. The zero-order valence-electron chi connectivity index (χ0n) is 9.88. The average molecular weight is 211 g/mol. The van der Waals surface area contributed by atoms with E-state index < -0.39 is 0 Å². The Morgan fingerprint density at radius 2 is 2.07 bits per heavy atom. The van der Waals surface area contributed by atoms with Gasteiger partial charge < -0.3 is 10.1 Å². The number of hydrogen-bond donors (Lipinski definition) is 1. The first-order valence-corrected chi connectivity index (χ1v) is 5.65. The van der Waals surface area contributed by atoms with Gasteiger partial charge in [0, 0.05) is 18.9 Å². The third kappa shape index (κ3) is 4.96. The lowest BCUT2D eigenvalue weighted by atomic mass is 9.91. The van der Waals surface area contributed by atoms with Crippen LogP contribution in [-0.4, -0.2) is 18.2 Å². The van der Waals surface area contributed by atoms with E-state index in [1.165, 1.54) is 0 Å². The Bertz CT molecular complexity index is 238. The molecule has 1 atom stereocenters. The third-order valence-corrected chi connectivity index (χ3v) is 2.58. The molecule has 0 aromatic heterocycles. The predicted molar refractivity (Wildman–Crippen MR) is 59.4 cm³/mol. The van der Waals surface area contributed by atoms with Crippen molar-refractivity contribution in [1.29, 1.82) is 0 Å². The molecule has 1 amide bonds. The van der Waals surface area contributed by atoms with Crippen LogP contribution in [-0.2, 0) is 9.59 Å². The van der Waals surface area contributed by atoms with Crippen LogP contribution in [0.15, 0.2) is 0 Å². The van der Waals surface area contributed by atoms with E-state index in [-0.39, 0.29) is 17.4 Å². The van der Waals surface area contributed by atoms with E-state index in [2.05, 4.69) is 5.32 Å². The number of carbonyl (C=O) groups excluding carboxylic acids is 2. The lowest BCUT2D eigenvalue weighted by Crippen LogP contribution is -2.38. The van der Waals surface area contributed by atoms with Crippen molar-refractivity contribution in [2.75, 3.05) is 0 Å². The van der Waals surface area contributed by atoms with Gasteiger partial charge in [-0.2, -0.15) is 0 Å². The molecule has 1 aliphatic carbocycles. The summed E-state index contributed by atoms with van der Waals surface area (Å²) in [6.07, 6.45) is 4.18. The number of aldehydes is 1. The summed E-state index contributed by atoms with van der Waals surface area (Å²) in [6, 6.07) is 0.0809. The van der Waals surface area contributed by atoms with E-state index in [4.69, 9.17) is 0 Å². The van der Waals surface area contributed by atoms with E-state index in [0.717, 1.165) is 19.1 Å². The van der Waals surface area contributed by atoms with Crippen molar-refractivity contribution in [2.45, 2.75) is 52.5 Å². The van der Waals surface area contributed by atoms with Gasteiger partial charge in [-0.3, -0.25) is 4.79 Å². The molecule has 3 nitrogen and oxygen atoms in total. The SMILES string of the molecule is CC(C)(C)CC(=O)NC(CC=O)C1CC1. The van der Waals surface area contributed by atoms with Gasteiger partial charge in [0.05, 0.1) is 0 Å². The summed E-state index contributed by atoms with van der Waals surface area (Å²) in [6.45, 7) is 6.12. The highest BCUT2D eigenvalue weighted by atomic mass is 16.1. The molecule has 15 heavy (non-hydrogen) atoms. The van der Waals surface area contributed by atoms with E-state index in [9.17, 15) is 9.59 Å². The lowest BCUT2D eigenvalue weighted by Gasteiger charge is -2.21. The molecule has 1 rings (SSSR count). The number of carbonyl (C=O) groups is 2. The zero-order valence-corrected chi connectivity index (χ0v) is 9.88. The summed E-state index contributed by atoms with van der Waals surface area (Å²) in [5.41, 5.74) is 0.0133. The fraction of sp³-hybridized carbons (Fsp3) is 0.833. The first-order valence-electron chi connectivity index (χ1n) is 5.65. The van der Waals surface area contributed by atoms with Gasteiger partial charge in [0.2, 0.25) is 5.91 Å². The van der Waals surface area contributed by atoms with Crippen molar-refractivity contribution in [3.8, 4) is 0 Å². The molecule has 1 unspecified atom stereocenters. The molecule has 1 aliphatic rings. The molecule has 0 aromatic rings.